The lowest BCUT2D eigenvalue weighted by atomic mass is 9.93. The number of benzene rings is 2. The van der Waals surface area contributed by atoms with Crippen LogP contribution in [0.5, 0.6) is 0 Å². The van der Waals surface area contributed by atoms with Gasteiger partial charge in [-0.2, -0.15) is 9.40 Å². The molecule has 0 unspecified atom stereocenters. The quantitative estimate of drug-likeness (QED) is 0.552. The summed E-state index contributed by atoms with van der Waals surface area (Å²) in [5, 5.41) is 5.53. The van der Waals surface area contributed by atoms with Gasteiger partial charge in [0.25, 0.3) is 0 Å². The molecule has 3 heterocycles. The first-order valence-corrected chi connectivity index (χ1v) is 13.7. The summed E-state index contributed by atoms with van der Waals surface area (Å²) >= 11 is 0. The van der Waals surface area contributed by atoms with Gasteiger partial charge in [0.2, 0.25) is 10.0 Å². The van der Waals surface area contributed by atoms with Crippen molar-refractivity contribution in [3.63, 3.8) is 0 Å². The normalized spacial score (nSPS) is 21.3. The van der Waals surface area contributed by atoms with Gasteiger partial charge in [-0.3, -0.25) is 4.90 Å². The minimum absolute atomic E-state index is 0.0232. The van der Waals surface area contributed by atoms with Gasteiger partial charge in [-0.1, -0.05) is 0 Å². The molecule has 0 radical (unpaired) electrons. The molecule has 2 fully saturated rings. The number of sulfonamides is 1. The lowest BCUT2D eigenvalue weighted by Crippen LogP contribution is -2.51. The summed E-state index contributed by atoms with van der Waals surface area (Å²) < 4.78 is 47.1. The Morgan fingerprint density at radius 1 is 1.12 bits per heavy atom. The van der Waals surface area contributed by atoms with Crippen molar-refractivity contribution in [2.75, 3.05) is 45.6 Å². The predicted octanol–water partition coefficient (Wildman–Crippen LogP) is 3.52. The predicted molar refractivity (Wildman–Crippen MR) is 130 cm³/mol. The third kappa shape index (κ3) is 4.75. The molecule has 2 aromatic carbocycles. The van der Waals surface area contributed by atoms with Crippen LogP contribution in [0.4, 0.5) is 4.39 Å². The second-order valence-corrected chi connectivity index (χ2v) is 11.5. The highest BCUT2D eigenvalue weighted by Gasteiger charge is 2.34. The number of aromatic nitrogens is 2. The Labute approximate surface area is 200 Å². The second-order valence-electron chi connectivity index (χ2n) is 9.49. The van der Waals surface area contributed by atoms with Gasteiger partial charge >= 0.3 is 0 Å². The maximum Gasteiger partial charge on any atom is 0.211 e. The lowest BCUT2D eigenvalue weighted by molar-refractivity contribution is 0.0334. The Morgan fingerprint density at radius 2 is 1.85 bits per heavy atom. The third-order valence-electron chi connectivity index (χ3n) is 7.14. The molecule has 2 aliphatic heterocycles. The fraction of sp³-hybridized carbons (Fsp3) is 0.480. The first-order chi connectivity index (χ1) is 16.3. The highest BCUT2D eigenvalue weighted by atomic mass is 32.2. The summed E-state index contributed by atoms with van der Waals surface area (Å²) in [4.78, 5) is 2.45. The van der Waals surface area contributed by atoms with E-state index in [1.807, 2.05) is 10.9 Å². The monoisotopic (exact) mass is 486 g/mol. The molecule has 182 valence electrons. The van der Waals surface area contributed by atoms with Crippen LogP contribution in [0.3, 0.4) is 0 Å². The molecular weight excluding hydrogens is 455 g/mol. The van der Waals surface area contributed by atoms with E-state index in [1.54, 1.807) is 16.4 Å². The smallest absolute Gasteiger partial charge is 0.211 e. The van der Waals surface area contributed by atoms with E-state index in [0.29, 0.717) is 25.6 Å². The maximum atomic E-state index is 13.4. The molecule has 0 amide bonds. The molecule has 0 aliphatic carbocycles. The van der Waals surface area contributed by atoms with E-state index in [4.69, 9.17) is 4.74 Å². The van der Waals surface area contributed by atoms with Crippen LogP contribution in [0.1, 0.15) is 30.0 Å². The topological polar surface area (TPSA) is 67.7 Å². The van der Waals surface area contributed by atoms with Crippen molar-refractivity contribution in [2.45, 2.75) is 25.8 Å². The van der Waals surface area contributed by atoms with Crippen LogP contribution in [0.15, 0.2) is 42.6 Å². The molecule has 1 atom stereocenters. The van der Waals surface area contributed by atoms with E-state index in [1.165, 1.54) is 18.4 Å². The van der Waals surface area contributed by atoms with Crippen LogP contribution in [0.2, 0.25) is 0 Å². The minimum Gasteiger partial charge on any atom is -0.381 e. The number of halogens is 1. The van der Waals surface area contributed by atoms with E-state index in [2.05, 4.69) is 29.1 Å². The van der Waals surface area contributed by atoms with Crippen molar-refractivity contribution in [2.24, 2.45) is 5.92 Å². The molecule has 0 spiro atoms. The van der Waals surface area contributed by atoms with Crippen LogP contribution in [0, 0.1) is 18.7 Å². The number of rotatable bonds is 5. The Kier molecular flexibility index (Phi) is 6.45. The maximum absolute atomic E-state index is 13.4. The molecule has 7 nitrogen and oxygen atoms in total. The summed E-state index contributed by atoms with van der Waals surface area (Å²) in [6.07, 6.45) is 5.20. The van der Waals surface area contributed by atoms with Crippen molar-refractivity contribution in [3.8, 4) is 5.69 Å². The zero-order valence-corrected chi connectivity index (χ0v) is 20.5. The molecule has 0 N–H and O–H groups in total. The number of nitrogens with zero attached hydrogens (tertiary/aromatic N) is 4. The molecule has 0 bridgehead atoms. The molecule has 2 saturated heterocycles. The van der Waals surface area contributed by atoms with Gasteiger partial charge in [-0.05, 0) is 73.2 Å². The Balaban J connectivity index is 1.50. The molecule has 5 rings (SSSR count). The first-order valence-electron chi connectivity index (χ1n) is 11.8. The van der Waals surface area contributed by atoms with Crippen molar-refractivity contribution in [1.82, 2.24) is 19.0 Å². The minimum atomic E-state index is -3.27. The summed E-state index contributed by atoms with van der Waals surface area (Å²) in [7, 11) is -3.27. The van der Waals surface area contributed by atoms with Gasteiger partial charge in [0.05, 0.1) is 23.7 Å². The number of aryl methyl sites for hydroxylation is 1. The number of piperazine rings is 1. The third-order valence-corrected chi connectivity index (χ3v) is 8.41. The molecular formula is C25H31FN4O3S. The van der Waals surface area contributed by atoms with Gasteiger partial charge in [0, 0.05) is 50.8 Å². The van der Waals surface area contributed by atoms with Gasteiger partial charge in [0.1, 0.15) is 5.82 Å². The van der Waals surface area contributed by atoms with Gasteiger partial charge < -0.3 is 4.74 Å². The van der Waals surface area contributed by atoms with Crippen molar-refractivity contribution >= 4 is 20.9 Å². The zero-order valence-electron chi connectivity index (χ0n) is 19.7. The summed E-state index contributed by atoms with van der Waals surface area (Å²) in [6.45, 7) is 6.28. The number of hydrogen-bond acceptors (Lipinski definition) is 5. The van der Waals surface area contributed by atoms with E-state index >= 15 is 0 Å². The summed E-state index contributed by atoms with van der Waals surface area (Å²) in [5.41, 5.74) is 3.96. The number of ether oxygens (including phenoxy) is 1. The first kappa shape index (κ1) is 23.4. The van der Waals surface area contributed by atoms with Crippen molar-refractivity contribution < 1.29 is 17.5 Å². The van der Waals surface area contributed by atoms with Crippen LogP contribution in [-0.4, -0.2) is 73.1 Å². The molecule has 3 aromatic rings. The fourth-order valence-electron chi connectivity index (χ4n) is 5.21. The molecule has 9 heteroatoms. The van der Waals surface area contributed by atoms with Crippen molar-refractivity contribution in [3.05, 3.63) is 59.5 Å². The van der Waals surface area contributed by atoms with Crippen molar-refractivity contribution in [1.29, 1.82) is 0 Å². The SMILES string of the molecule is Cc1cc2c(cnn2-c2ccc(F)cc2)cc1[C@H]1CN(S(C)(=O)=O)CCN1CC1CCOCC1. The van der Waals surface area contributed by atoms with E-state index in [9.17, 15) is 12.8 Å². The Bertz CT molecular complexity index is 1270. The molecule has 0 saturated carbocycles. The molecule has 34 heavy (non-hydrogen) atoms. The average molecular weight is 487 g/mol. The molecule has 1 aromatic heterocycles. The van der Waals surface area contributed by atoms with E-state index in [0.717, 1.165) is 60.3 Å². The van der Waals surface area contributed by atoms with Gasteiger partial charge in [-0.25, -0.2) is 17.5 Å². The molecule has 2 aliphatic rings. The fourth-order valence-corrected chi connectivity index (χ4v) is 6.04. The standard InChI is InChI=1S/C25H31FN4O3S/c1-18-13-24-20(15-27-30(24)22-5-3-21(26)4-6-22)14-23(18)25-17-29(34(2,31)32)10-9-28(25)16-19-7-11-33-12-8-19/h3-6,13-15,19,25H,7-12,16-17H2,1-2H3/t25-/m1/s1. The van der Waals surface area contributed by atoms with Crippen LogP contribution >= 0.6 is 0 Å². The average Bonchev–Trinajstić information content (AvgIpc) is 3.22. The van der Waals surface area contributed by atoms with Crippen LogP contribution in [0.25, 0.3) is 16.6 Å². The second kappa shape index (κ2) is 9.37. The van der Waals surface area contributed by atoms with E-state index in [-0.39, 0.29) is 11.9 Å². The van der Waals surface area contributed by atoms with Crippen LogP contribution < -0.4 is 0 Å². The number of fused-ring (bicyclic) bond motifs is 1. The number of hydrogen-bond donors (Lipinski definition) is 0. The summed E-state index contributed by atoms with van der Waals surface area (Å²) in [5.74, 6) is 0.280. The highest BCUT2D eigenvalue weighted by Crippen LogP contribution is 2.34. The van der Waals surface area contributed by atoms with Crippen LogP contribution in [-0.2, 0) is 14.8 Å². The van der Waals surface area contributed by atoms with Gasteiger partial charge in [-0.15, -0.1) is 0 Å². The highest BCUT2D eigenvalue weighted by molar-refractivity contribution is 7.88. The zero-order chi connectivity index (χ0) is 23.9. The lowest BCUT2D eigenvalue weighted by Gasteiger charge is -2.43. The van der Waals surface area contributed by atoms with E-state index < -0.39 is 10.0 Å². The largest absolute Gasteiger partial charge is 0.381 e. The van der Waals surface area contributed by atoms with Gasteiger partial charge in [0.15, 0.2) is 0 Å². The Morgan fingerprint density at radius 3 is 2.56 bits per heavy atom. The summed E-state index contributed by atoms with van der Waals surface area (Å²) in [6, 6.07) is 10.5. The Hall–Kier alpha value is -2.33.